The van der Waals surface area contributed by atoms with Crippen molar-refractivity contribution in [2.75, 3.05) is 13.7 Å². The maximum Gasteiger partial charge on any atom is 0.206 e. The molecule has 108 valence electrons. The summed E-state index contributed by atoms with van der Waals surface area (Å²) in [5.74, 6) is 0.249. The number of Topliss-reactive ketones (excluding diaryl/α,β-unsaturated/α-hetero) is 1. The van der Waals surface area contributed by atoms with Gasteiger partial charge in [-0.05, 0) is 29.8 Å². The van der Waals surface area contributed by atoms with Gasteiger partial charge < -0.3 is 19.7 Å². The average Bonchev–Trinajstić information content (AvgIpc) is 2.49. The minimum Gasteiger partial charge on any atom is -0.508 e. The third-order valence-corrected chi connectivity index (χ3v) is 3.69. The lowest BCUT2D eigenvalue weighted by Crippen LogP contribution is -2.46. The van der Waals surface area contributed by atoms with Crippen molar-refractivity contribution in [2.45, 2.75) is 5.60 Å². The lowest BCUT2D eigenvalue weighted by molar-refractivity contribution is -0.0345. The molecule has 0 saturated carbocycles. The van der Waals surface area contributed by atoms with Crippen LogP contribution in [0.15, 0.2) is 42.5 Å². The van der Waals surface area contributed by atoms with E-state index < -0.39 is 5.60 Å². The first-order valence-corrected chi connectivity index (χ1v) is 6.42. The van der Waals surface area contributed by atoms with Gasteiger partial charge in [0.2, 0.25) is 5.78 Å². The summed E-state index contributed by atoms with van der Waals surface area (Å²) in [4.78, 5) is 12.8. The molecule has 5 nitrogen and oxygen atoms in total. The number of aromatic hydroxyl groups is 2. The molecule has 21 heavy (non-hydrogen) atoms. The summed E-state index contributed by atoms with van der Waals surface area (Å²) in [6, 6.07) is 10.6. The summed E-state index contributed by atoms with van der Waals surface area (Å²) in [5.41, 5.74) is -0.294. The molecular weight excluding hydrogens is 272 g/mol. The highest BCUT2D eigenvalue weighted by Gasteiger charge is 2.46. The molecule has 2 N–H and O–H groups in total. The highest BCUT2D eigenvalue weighted by molar-refractivity contribution is 6.06. The fourth-order valence-corrected chi connectivity index (χ4v) is 2.50. The van der Waals surface area contributed by atoms with Crippen LogP contribution >= 0.6 is 0 Å². The number of carbonyl (C=O) groups excluding carboxylic acids is 1. The number of hydrogen-bond donors (Lipinski definition) is 2. The number of ether oxygens (including phenoxy) is 2. The Morgan fingerprint density at radius 3 is 2.43 bits per heavy atom. The third kappa shape index (κ3) is 2.02. The molecular formula is C16H14O5. The third-order valence-electron chi connectivity index (χ3n) is 3.69. The van der Waals surface area contributed by atoms with E-state index in [0.717, 1.165) is 0 Å². The Morgan fingerprint density at radius 2 is 1.76 bits per heavy atom. The van der Waals surface area contributed by atoms with Gasteiger partial charge in [0, 0.05) is 13.2 Å². The Labute approximate surface area is 121 Å². The number of rotatable bonds is 2. The fourth-order valence-electron chi connectivity index (χ4n) is 2.50. The predicted molar refractivity (Wildman–Crippen MR) is 74.7 cm³/mol. The quantitative estimate of drug-likeness (QED) is 0.885. The molecule has 5 heteroatoms. The molecule has 3 rings (SSSR count). The number of phenols is 2. The predicted octanol–water partition coefficient (Wildman–Crippen LogP) is 2.21. The van der Waals surface area contributed by atoms with E-state index in [1.165, 1.54) is 37.4 Å². The minimum atomic E-state index is -1.25. The average molecular weight is 286 g/mol. The topological polar surface area (TPSA) is 76.0 Å². The molecule has 0 aliphatic carbocycles. The number of methoxy groups -OCH3 is 1. The van der Waals surface area contributed by atoms with E-state index in [0.29, 0.717) is 16.9 Å². The van der Waals surface area contributed by atoms with Gasteiger partial charge in [0.05, 0.1) is 5.56 Å². The normalized spacial score (nSPS) is 20.7. The van der Waals surface area contributed by atoms with Crippen LogP contribution in [-0.2, 0) is 10.3 Å². The number of carbonyl (C=O) groups is 1. The number of phenolic OH excluding ortho intramolecular Hbond substituents is 2. The van der Waals surface area contributed by atoms with Crippen molar-refractivity contribution < 1.29 is 24.5 Å². The zero-order valence-corrected chi connectivity index (χ0v) is 11.4. The molecule has 2 aromatic carbocycles. The molecule has 0 bridgehead atoms. The van der Waals surface area contributed by atoms with Crippen molar-refractivity contribution in [3.8, 4) is 17.2 Å². The second-order valence-corrected chi connectivity index (χ2v) is 4.88. The molecule has 0 radical (unpaired) electrons. The van der Waals surface area contributed by atoms with Gasteiger partial charge in [0.15, 0.2) is 5.60 Å². The molecule has 1 unspecified atom stereocenters. The molecule has 1 atom stereocenters. The van der Waals surface area contributed by atoms with E-state index >= 15 is 0 Å². The number of ketones is 1. The van der Waals surface area contributed by atoms with Crippen molar-refractivity contribution in [3.63, 3.8) is 0 Å². The van der Waals surface area contributed by atoms with Crippen LogP contribution in [0.3, 0.4) is 0 Å². The van der Waals surface area contributed by atoms with Crippen LogP contribution in [-0.4, -0.2) is 29.7 Å². The summed E-state index contributed by atoms with van der Waals surface area (Å²) in [6.07, 6.45) is 0. The fraction of sp³-hybridized carbons (Fsp3) is 0.188. The van der Waals surface area contributed by atoms with Crippen molar-refractivity contribution >= 4 is 5.78 Å². The summed E-state index contributed by atoms with van der Waals surface area (Å²) in [7, 11) is 1.44. The maximum absolute atomic E-state index is 12.8. The van der Waals surface area contributed by atoms with E-state index in [4.69, 9.17) is 9.47 Å². The van der Waals surface area contributed by atoms with Gasteiger partial charge in [0.1, 0.15) is 23.9 Å². The zero-order valence-electron chi connectivity index (χ0n) is 11.4. The Hall–Kier alpha value is -2.53. The molecule has 0 aromatic heterocycles. The van der Waals surface area contributed by atoms with Gasteiger partial charge in [-0.25, -0.2) is 0 Å². The Balaban J connectivity index is 2.10. The van der Waals surface area contributed by atoms with Gasteiger partial charge in [-0.15, -0.1) is 0 Å². The molecule has 0 spiro atoms. The summed E-state index contributed by atoms with van der Waals surface area (Å²) in [5, 5.41) is 18.8. The Bertz CT molecular complexity index is 692. The van der Waals surface area contributed by atoms with Crippen molar-refractivity contribution in [1.82, 2.24) is 0 Å². The molecule has 1 aliphatic heterocycles. The van der Waals surface area contributed by atoms with Gasteiger partial charge in [-0.1, -0.05) is 12.1 Å². The van der Waals surface area contributed by atoms with Crippen LogP contribution in [0.1, 0.15) is 15.9 Å². The maximum atomic E-state index is 12.8. The first kappa shape index (κ1) is 13.5. The van der Waals surface area contributed by atoms with Crippen LogP contribution < -0.4 is 4.74 Å². The monoisotopic (exact) mass is 286 g/mol. The van der Waals surface area contributed by atoms with Crippen molar-refractivity contribution in [2.24, 2.45) is 0 Å². The van der Waals surface area contributed by atoms with Crippen LogP contribution in [0.25, 0.3) is 0 Å². The Morgan fingerprint density at radius 1 is 1.10 bits per heavy atom. The first-order chi connectivity index (χ1) is 10.1. The second kappa shape index (κ2) is 4.79. The molecule has 2 aromatic rings. The lowest BCUT2D eigenvalue weighted by Gasteiger charge is -2.35. The van der Waals surface area contributed by atoms with Gasteiger partial charge >= 0.3 is 0 Å². The summed E-state index contributed by atoms with van der Waals surface area (Å²) < 4.78 is 11.1. The van der Waals surface area contributed by atoms with Gasteiger partial charge in [0.25, 0.3) is 0 Å². The highest BCUT2D eigenvalue weighted by Crippen LogP contribution is 2.39. The van der Waals surface area contributed by atoms with E-state index in [9.17, 15) is 15.0 Å². The highest BCUT2D eigenvalue weighted by atomic mass is 16.5. The van der Waals surface area contributed by atoms with E-state index in [1.807, 2.05) is 0 Å². The van der Waals surface area contributed by atoms with E-state index in [1.54, 1.807) is 12.1 Å². The molecule has 1 heterocycles. The second-order valence-electron chi connectivity index (χ2n) is 4.88. The smallest absolute Gasteiger partial charge is 0.206 e. The molecule has 0 amide bonds. The largest absolute Gasteiger partial charge is 0.508 e. The number of benzene rings is 2. The summed E-state index contributed by atoms with van der Waals surface area (Å²) in [6.45, 7) is 0.00353. The SMILES string of the molecule is COC1(c2ccc(O)cc2)COc2cc(O)ccc2C1=O. The van der Waals surface area contributed by atoms with Crippen molar-refractivity contribution in [1.29, 1.82) is 0 Å². The van der Waals surface area contributed by atoms with Gasteiger partial charge in [-0.2, -0.15) is 0 Å². The van der Waals surface area contributed by atoms with Gasteiger partial charge in [-0.3, -0.25) is 4.79 Å². The van der Waals surface area contributed by atoms with Crippen LogP contribution in [0.4, 0.5) is 0 Å². The first-order valence-electron chi connectivity index (χ1n) is 6.42. The van der Waals surface area contributed by atoms with Crippen LogP contribution in [0, 0.1) is 0 Å². The van der Waals surface area contributed by atoms with Crippen LogP contribution in [0.2, 0.25) is 0 Å². The van der Waals surface area contributed by atoms with E-state index in [-0.39, 0.29) is 23.9 Å². The molecule has 0 fully saturated rings. The molecule has 1 aliphatic rings. The number of fused-ring (bicyclic) bond motifs is 1. The lowest BCUT2D eigenvalue weighted by atomic mass is 9.84. The van der Waals surface area contributed by atoms with Crippen LogP contribution in [0.5, 0.6) is 17.2 Å². The summed E-state index contributed by atoms with van der Waals surface area (Å²) >= 11 is 0. The van der Waals surface area contributed by atoms with Crippen molar-refractivity contribution in [3.05, 3.63) is 53.6 Å². The zero-order chi connectivity index (χ0) is 15.0. The molecule has 0 saturated heterocycles. The number of hydrogen-bond acceptors (Lipinski definition) is 5. The Kier molecular flexibility index (Phi) is 3.07. The minimum absolute atomic E-state index is 0.00353. The van der Waals surface area contributed by atoms with E-state index in [2.05, 4.69) is 0 Å². The standard InChI is InChI=1S/C16H14O5/c1-20-16(10-2-4-11(17)5-3-10)9-21-14-8-12(18)6-7-13(14)15(16)19/h2-8,17-18H,9H2,1H3.